The molecule has 1 aliphatic heterocycles. The number of amides is 1. The number of aromatic amines is 1. The van der Waals surface area contributed by atoms with Crippen LogP contribution in [0.5, 0.6) is 0 Å². The van der Waals surface area contributed by atoms with E-state index in [1.54, 1.807) is 9.58 Å². The summed E-state index contributed by atoms with van der Waals surface area (Å²) in [5.74, 6) is 0. The summed E-state index contributed by atoms with van der Waals surface area (Å²) in [5.41, 5.74) is 0. The number of hydrogen-bond acceptors (Lipinski definition) is 5. The van der Waals surface area contributed by atoms with Gasteiger partial charge in [-0.25, -0.2) is 9.48 Å². The van der Waals surface area contributed by atoms with Crippen LogP contribution < -0.4 is 0 Å². The number of aromatic nitrogens is 4. The topological polar surface area (TPSA) is 76.0 Å². The van der Waals surface area contributed by atoms with Crippen molar-refractivity contribution in [1.82, 2.24) is 25.1 Å². The molecule has 7 nitrogen and oxygen atoms in total. The maximum atomic E-state index is 11.3. The Hall–Kier alpha value is -1.44. The maximum absolute atomic E-state index is 11.3. The number of tetrazole rings is 1. The molecule has 1 amide bonds. The molecule has 1 aliphatic rings. The molecule has 1 aromatic rings. The summed E-state index contributed by atoms with van der Waals surface area (Å²) >= 11 is 4.91. The van der Waals surface area contributed by atoms with Crippen molar-refractivity contribution >= 4 is 18.3 Å². The van der Waals surface area contributed by atoms with Gasteiger partial charge in [-0.15, -0.1) is 0 Å². The fraction of sp³-hybridized carbons (Fsp3) is 0.714. The molecule has 1 saturated heterocycles. The highest BCUT2D eigenvalue weighted by Crippen LogP contribution is 2.10. The third kappa shape index (κ3) is 1.99. The molecule has 1 fully saturated rings. The van der Waals surface area contributed by atoms with Crippen LogP contribution in [0, 0.1) is 4.77 Å². The second-order valence-corrected chi connectivity index (χ2v) is 3.72. The van der Waals surface area contributed by atoms with E-state index in [9.17, 15) is 4.79 Å². The van der Waals surface area contributed by atoms with Crippen LogP contribution in [0.3, 0.4) is 0 Å². The van der Waals surface area contributed by atoms with Gasteiger partial charge >= 0.3 is 6.09 Å². The van der Waals surface area contributed by atoms with Crippen molar-refractivity contribution in [3.8, 4) is 0 Å². The van der Waals surface area contributed by atoms with Gasteiger partial charge in [0.05, 0.1) is 12.6 Å². The van der Waals surface area contributed by atoms with Crippen LogP contribution in [-0.4, -0.2) is 50.4 Å². The molecule has 0 radical (unpaired) electrons. The van der Waals surface area contributed by atoms with E-state index in [1.807, 2.05) is 6.92 Å². The molecule has 0 spiro atoms. The molecular formula is C7H11N5O2S. The summed E-state index contributed by atoms with van der Waals surface area (Å²) in [6, 6.07) is 0.113. The normalized spacial score (nSPS) is 20.7. The summed E-state index contributed by atoms with van der Waals surface area (Å²) in [6.07, 6.45) is -0.276. The number of H-pyrrole nitrogens is 1. The maximum Gasteiger partial charge on any atom is 0.410 e. The molecule has 1 atom stereocenters. The van der Waals surface area contributed by atoms with E-state index >= 15 is 0 Å². The lowest BCUT2D eigenvalue weighted by Crippen LogP contribution is -2.34. The van der Waals surface area contributed by atoms with Gasteiger partial charge in [-0.3, -0.25) is 0 Å². The first-order valence-electron chi connectivity index (χ1n) is 4.60. The smallest absolute Gasteiger partial charge is 0.410 e. The SMILES string of the molecule is CC1COC(=O)N1CCn1[nH]nnc1=S. The number of nitrogens with one attached hydrogen (secondary N) is 1. The predicted molar refractivity (Wildman–Crippen MR) is 52.7 cm³/mol. The van der Waals surface area contributed by atoms with E-state index in [4.69, 9.17) is 17.0 Å². The standard InChI is InChI=1S/C7H11N5O2S/c1-5-4-14-7(13)11(5)2-3-12-6(15)8-9-10-12/h5H,2-4H2,1H3,(H,8,10,15). The first-order chi connectivity index (χ1) is 7.18. The van der Waals surface area contributed by atoms with Gasteiger partial charge in [-0.2, -0.15) is 5.21 Å². The van der Waals surface area contributed by atoms with Crippen molar-refractivity contribution in [3.05, 3.63) is 4.77 Å². The lowest BCUT2D eigenvalue weighted by molar-refractivity contribution is 0.156. The van der Waals surface area contributed by atoms with E-state index in [1.165, 1.54) is 0 Å². The minimum Gasteiger partial charge on any atom is -0.447 e. The van der Waals surface area contributed by atoms with Crippen molar-refractivity contribution in [2.45, 2.75) is 19.5 Å². The lowest BCUT2D eigenvalue weighted by atomic mass is 10.3. The number of ether oxygens (including phenoxy) is 1. The van der Waals surface area contributed by atoms with Gasteiger partial charge in [0, 0.05) is 6.54 Å². The van der Waals surface area contributed by atoms with Crippen LogP contribution >= 0.6 is 12.2 Å². The van der Waals surface area contributed by atoms with Gasteiger partial charge in [0.15, 0.2) is 0 Å². The summed E-state index contributed by atoms with van der Waals surface area (Å²) < 4.78 is 6.88. The largest absolute Gasteiger partial charge is 0.447 e. The quantitative estimate of drug-likeness (QED) is 0.748. The van der Waals surface area contributed by atoms with E-state index in [-0.39, 0.29) is 12.1 Å². The molecule has 0 bridgehead atoms. The third-order valence-electron chi connectivity index (χ3n) is 2.31. The monoisotopic (exact) mass is 229 g/mol. The fourth-order valence-corrected chi connectivity index (χ4v) is 1.60. The summed E-state index contributed by atoms with van der Waals surface area (Å²) in [5, 5.41) is 9.82. The molecule has 0 aliphatic carbocycles. The first-order valence-corrected chi connectivity index (χ1v) is 5.00. The molecule has 1 unspecified atom stereocenters. The van der Waals surface area contributed by atoms with Crippen molar-refractivity contribution in [2.24, 2.45) is 0 Å². The Morgan fingerprint density at radius 3 is 3.00 bits per heavy atom. The van der Waals surface area contributed by atoms with Crippen LogP contribution in [-0.2, 0) is 11.3 Å². The van der Waals surface area contributed by atoms with Crippen molar-refractivity contribution in [3.63, 3.8) is 0 Å². The summed E-state index contributed by atoms with van der Waals surface area (Å²) in [7, 11) is 0. The first kappa shape index (κ1) is 10.1. The lowest BCUT2D eigenvalue weighted by Gasteiger charge is -2.17. The molecule has 0 saturated carbocycles. The Morgan fingerprint density at radius 1 is 1.67 bits per heavy atom. The van der Waals surface area contributed by atoms with Gasteiger partial charge in [-0.1, -0.05) is 10.3 Å². The van der Waals surface area contributed by atoms with Crippen LogP contribution in [0.4, 0.5) is 4.79 Å². The minimum absolute atomic E-state index is 0.113. The number of carbonyl (C=O) groups is 1. The van der Waals surface area contributed by atoms with Crippen LogP contribution in [0.25, 0.3) is 0 Å². The third-order valence-corrected chi connectivity index (χ3v) is 2.61. The molecule has 2 rings (SSSR count). The summed E-state index contributed by atoms with van der Waals surface area (Å²) in [6.45, 7) is 3.48. The zero-order chi connectivity index (χ0) is 10.8. The Labute approximate surface area is 91.0 Å². The van der Waals surface area contributed by atoms with Crippen LogP contribution in [0.1, 0.15) is 6.92 Å². The fourth-order valence-electron chi connectivity index (χ4n) is 1.43. The molecular weight excluding hydrogens is 218 g/mol. The van der Waals surface area contributed by atoms with Crippen molar-refractivity contribution < 1.29 is 9.53 Å². The molecule has 0 aromatic carbocycles. The van der Waals surface area contributed by atoms with Gasteiger partial charge in [0.25, 0.3) is 0 Å². The second kappa shape index (κ2) is 3.97. The van der Waals surface area contributed by atoms with E-state index < -0.39 is 0 Å². The Morgan fingerprint density at radius 2 is 2.47 bits per heavy atom. The number of hydrogen-bond donors (Lipinski definition) is 1. The number of nitrogens with zero attached hydrogens (tertiary/aromatic N) is 4. The highest BCUT2D eigenvalue weighted by molar-refractivity contribution is 7.71. The zero-order valence-corrected chi connectivity index (χ0v) is 9.03. The minimum atomic E-state index is -0.276. The van der Waals surface area contributed by atoms with Gasteiger partial charge in [-0.05, 0) is 19.1 Å². The number of rotatable bonds is 3. The van der Waals surface area contributed by atoms with E-state index in [0.717, 1.165) is 0 Å². The molecule has 1 aromatic heterocycles. The van der Waals surface area contributed by atoms with E-state index in [0.29, 0.717) is 24.5 Å². The molecule has 15 heavy (non-hydrogen) atoms. The van der Waals surface area contributed by atoms with Crippen LogP contribution in [0.15, 0.2) is 0 Å². The molecule has 82 valence electrons. The Kier molecular flexibility index (Phi) is 2.67. The predicted octanol–water partition coefficient (Wildman–Crippen LogP) is 0.176. The molecule has 8 heteroatoms. The average molecular weight is 229 g/mol. The number of carbonyl (C=O) groups excluding carboxylic acids is 1. The highest BCUT2D eigenvalue weighted by Gasteiger charge is 2.28. The van der Waals surface area contributed by atoms with Gasteiger partial charge < -0.3 is 9.64 Å². The second-order valence-electron chi connectivity index (χ2n) is 3.35. The molecule has 1 N–H and O–H groups in total. The average Bonchev–Trinajstić information content (AvgIpc) is 2.73. The van der Waals surface area contributed by atoms with Gasteiger partial charge in [0.2, 0.25) is 4.77 Å². The van der Waals surface area contributed by atoms with Gasteiger partial charge in [0.1, 0.15) is 6.61 Å². The number of cyclic esters (lactones) is 1. The van der Waals surface area contributed by atoms with Crippen molar-refractivity contribution in [1.29, 1.82) is 0 Å². The van der Waals surface area contributed by atoms with E-state index in [2.05, 4.69) is 15.5 Å². The van der Waals surface area contributed by atoms with Crippen molar-refractivity contribution in [2.75, 3.05) is 13.2 Å². The van der Waals surface area contributed by atoms with Crippen LogP contribution in [0.2, 0.25) is 0 Å². The zero-order valence-electron chi connectivity index (χ0n) is 8.21. The summed E-state index contributed by atoms with van der Waals surface area (Å²) in [4.78, 5) is 12.9. The Bertz CT molecular complexity index is 414. The highest BCUT2D eigenvalue weighted by atomic mass is 32.1. The Balaban J connectivity index is 1.96. The molecule has 2 heterocycles.